The zero-order valence-corrected chi connectivity index (χ0v) is 14.0. The van der Waals surface area contributed by atoms with E-state index in [9.17, 15) is 4.39 Å². The molecule has 0 unspecified atom stereocenters. The van der Waals surface area contributed by atoms with Gasteiger partial charge < -0.3 is 0 Å². The average molecular weight is 308 g/mol. The molecule has 0 aliphatic heterocycles. The minimum Gasteiger partial charge on any atom is -0.298 e. The fourth-order valence-corrected chi connectivity index (χ4v) is 2.93. The van der Waals surface area contributed by atoms with Crippen molar-refractivity contribution in [3.63, 3.8) is 0 Å². The molecule has 0 aliphatic carbocycles. The molecule has 0 aliphatic rings. The van der Waals surface area contributed by atoms with Gasteiger partial charge in [-0.25, -0.2) is 9.37 Å². The minimum atomic E-state index is -0.226. The number of hydrogen-bond acceptors (Lipinski definition) is 1. The largest absolute Gasteiger partial charge is 0.298 e. The van der Waals surface area contributed by atoms with E-state index in [1.165, 1.54) is 23.3 Å². The minimum absolute atomic E-state index is 0.122. The lowest BCUT2D eigenvalue weighted by Crippen LogP contribution is -2.01. The van der Waals surface area contributed by atoms with Gasteiger partial charge in [0.15, 0.2) is 0 Å². The van der Waals surface area contributed by atoms with Crippen molar-refractivity contribution in [1.82, 2.24) is 9.38 Å². The number of allylic oxidation sites excluding steroid dienone is 2. The Hall–Kier alpha value is -2.42. The predicted octanol–water partition coefficient (Wildman–Crippen LogP) is 5.59. The molecule has 0 N–H and O–H groups in total. The average Bonchev–Trinajstić information content (AvgIpc) is 2.94. The number of nitrogens with zero attached hydrogens (tertiary/aromatic N) is 2. The monoisotopic (exact) mass is 308 g/mol. The Morgan fingerprint density at radius 1 is 1.09 bits per heavy atom. The van der Waals surface area contributed by atoms with Crippen LogP contribution in [0.1, 0.15) is 33.3 Å². The molecule has 0 spiro atoms. The van der Waals surface area contributed by atoms with Crippen LogP contribution < -0.4 is 0 Å². The third kappa shape index (κ3) is 3.19. The van der Waals surface area contributed by atoms with Crippen LogP contribution >= 0.6 is 0 Å². The van der Waals surface area contributed by atoms with Gasteiger partial charge in [0, 0.05) is 5.56 Å². The Labute approximate surface area is 136 Å². The molecule has 3 aromatic rings. The van der Waals surface area contributed by atoms with Crippen LogP contribution in [0.15, 0.2) is 55.0 Å². The maximum Gasteiger partial charge on any atom is 0.123 e. The second kappa shape index (κ2) is 5.65. The van der Waals surface area contributed by atoms with E-state index >= 15 is 0 Å². The fourth-order valence-electron chi connectivity index (χ4n) is 2.93. The highest BCUT2D eigenvalue weighted by atomic mass is 19.1. The lowest BCUT2D eigenvalue weighted by molar-refractivity contribution is 0.545. The molecule has 2 aromatic heterocycles. The van der Waals surface area contributed by atoms with Gasteiger partial charge in [-0.1, -0.05) is 32.9 Å². The van der Waals surface area contributed by atoms with Crippen LogP contribution in [-0.4, -0.2) is 9.38 Å². The summed E-state index contributed by atoms with van der Waals surface area (Å²) >= 11 is 0. The van der Waals surface area contributed by atoms with E-state index < -0.39 is 0 Å². The molecular formula is C20H21FN2. The molecule has 23 heavy (non-hydrogen) atoms. The van der Waals surface area contributed by atoms with Crippen LogP contribution in [0.3, 0.4) is 0 Å². The number of pyridine rings is 1. The first-order valence-electron chi connectivity index (χ1n) is 7.76. The molecule has 1 aromatic carbocycles. The van der Waals surface area contributed by atoms with Crippen molar-refractivity contribution in [2.45, 2.75) is 27.7 Å². The molecule has 2 heterocycles. The first kappa shape index (κ1) is 15.5. The van der Waals surface area contributed by atoms with Gasteiger partial charge >= 0.3 is 0 Å². The summed E-state index contributed by atoms with van der Waals surface area (Å²) in [5, 5.41) is 0. The summed E-state index contributed by atoms with van der Waals surface area (Å²) in [4.78, 5) is 4.31. The molecule has 0 saturated carbocycles. The zero-order chi connectivity index (χ0) is 16.6. The molecule has 0 amide bonds. The predicted molar refractivity (Wildman–Crippen MR) is 93.7 cm³/mol. The number of aromatic nitrogens is 2. The van der Waals surface area contributed by atoms with Crippen molar-refractivity contribution < 1.29 is 4.39 Å². The van der Waals surface area contributed by atoms with E-state index in [-0.39, 0.29) is 11.2 Å². The van der Waals surface area contributed by atoms with Crippen LogP contribution in [-0.2, 0) is 0 Å². The number of imidazole rings is 1. The van der Waals surface area contributed by atoms with E-state index in [2.05, 4.69) is 55.3 Å². The van der Waals surface area contributed by atoms with Crippen LogP contribution in [0.2, 0.25) is 0 Å². The second-order valence-corrected chi connectivity index (χ2v) is 6.98. The highest BCUT2D eigenvalue weighted by molar-refractivity contribution is 5.80. The van der Waals surface area contributed by atoms with Crippen molar-refractivity contribution in [3.8, 4) is 11.3 Å². The Balaban J connectivity index is 2.16. The molecule has 3 rings (SSSR count). The summed E-state index contributed by atoms with van der Waals surface area (Å²) in [6.45, 7) is 8.70. The van der Waals surface area contributed by atoms with Crippen LogP contribution in [0.4, 0.5) is 4.39 Å². The summed E-state index contributed by atoms with van der Waals surface area (Å²) in [5.74, 6) is -0.226. The van der Waals surface area contributed by atoms with E-state index in [0.717, 1.165) is 16.8 Å². The second-order valence-electron chi connectivity index (χ2n) is 6.98. The highest BCUT2D eigenvalue weighted by Crippen LogP contribution is 2.29. The van der Waals surface area contributed by atoms with Crippen LogP contribution in [0.25, 0.3) is 22.3 Å². The lowest BCUT2D eigenvalue weighted by Gasteiger charge is -2.16. The first-order chi connectivity index (χ1) is 10.8. The number of hydrogen-bond donors (Lipinski definition) is 0. The van der Waals surface area contributed by atoms with Crippen LogP contribution in [0.5, 0.6) is 0 Å². The zero-order valence-electron chi connectivity index (χ0n) is 14.0. The Morgan fingerprint density at radius 2 is 1.78 bits per heavy atom. The highest BCUT2D eigenvalue weighted by Gasteiger charge is 2.12. The smallest absolute Gasteiger partial charge is 0.123 e. The van der Waals surface area contributed by atoms with E-state index in [1.54, 1.807) is 12.1 Å². The molecule has 0 bridgehead atoms. The molecule has 0 atom stereocenters. The summed E-state index contributed by atoms with van der Waals surface area (Å²) in [7, 11) is 0. The number of halogens is 1. The maximum atomic E-state index is 13.2. The first-order valence-corrected chi connectivity index (χ1v) is 7.76. The topological polar surface area (TPSA) is 17.3 Å². The van der Waals surface area contributed by atoms with Gasteiger partial charge in [-0.05, 0) is 53.8 Å². The number of fused-ring (bicyclic) bond motifs is 1. The number of benzene rings is 1. The maximum absolute atomic E-state index is 13.2. The lowest BCUT2D eigenvalue weighted by atomic mass is 9.91. The van der Waals surface area contributed by atoms with Gasteiger partial charge in [-0.2, -0.15) is 0 Å². The van der Waals surface area contributed by atoms with Crippen molar-refractivity contribution in [3.05, 3.63) is 66.4 Å². The quantitative estimate of drug-likeness (QED) is 0.603. The summed E-state index contributed by atoms with van der Waals surface area (Å²) in [6.07, 6.45) is 5.96. The summed E-state index contributed by atoms with van der Waals surface area (Å²) in [6, 6.07) is 10.7. The van der Waals surface area contributed by atoms with Crippen molar-refractivity contribution in [2.75, 3.05) is 0 Å². The van der Waals surface area contributed by atoms with Crippen molar-refractivity contribution in [2.24, 2.45) is 5.41 Å². The third-order valence-electron chi connectivity index (χ3n) is 3.80. The Bertz CT molecular complexity index is 865. The van der Waals surface area contributed by atoms with Gasteiger partial charge in [0.25, 0.3) is 0 Å². The fraction of sp³-hybridized carbons (Fsp3) is 0.250. The van der Waals surface area contributed by atoms with E-state index in [4.69, 9.17) is 0 Å². The molecular weight excluding hydrogens is 287 g/mol. The Kier molecular flexibility index (Phi) is 3.80. The standard InChI is InChI=1S/C20H21FN2/c1-14(11-20(2,3)4)17-9-10-18(23-13-22-12-19(17)23)15-5-7-16(21)8-6-15/h5-13H,1-4H3/b14-11+. The van der Waals surface area contributed by atoms with Crippen molar-refractivity contribution >= 4 is 11.1 Å². The van der Waals surface area contributed by atoms with Gasteiger partial charge in [0.05, 0.1) is 23.7 Å². The van der Waals surface area contributed by atoms with Crippen LogP contribution in [0, 0.1) is 11.2 Å². The van der Waals surface area contributed by atoms with Gasteiger partial charge in [0.2, 0.25) is 0 Å². The normalized spacial score (nSPS) is 12.8. The molecule has 0 radical (unpaired) electrons. The van der Waals surface area contributed by atoms with Gasteiger partial charge in [-0.15, -0.1) is 0 Å². The van der Waals surface area contributed by atoms with E-state index in [1.807, 2.05) is 12.5 Å². The summed E-state index contributed by atoms with van der Waals surface area (Å²) in [5.41, 5.74) is 5.56. The molecule has 3 heteroatoms. The Morgan fingerprint density at radius 3 is 2.43 bits per heavy atom. The molecule has 118 valence electrons. The third-order valence-corrected chi connectivity index (χ3v) is 3.80. The van der Waals surface area contributed by atoms with Gasteiger partial charge in [-0.3, -0.25) is 4.40 Å². The number of rotatable bonds is 2. The molecule has 0 saturated heterocycles. The molecule has 2 nitrogen and oxygen atoms in total. The molecule has 0 fully saturated rings. The van der Waals surface area contributed by atoms with E-state index in [0.29, 0.717) is 0 Å². The summed E-state index contributed by atoms with van der Waals surface area (Å²) < 4.78 is 15.2. The van der Waals surface area contributed by atoms with Gasteiger partial charge in [0.1, 0.15) is 5.82 Å². The van der Waals surface area contributed by atoms with Crippen molar-refractivity contribution in [1.29, 1.82) is 0 Å². The SMILES string of the molecule is C/C(=C\C(C)(C)C)c1ccc(-c2ccc(F)cc2)n2cncc12.